The Bertz CT molecular complexity index is 539. The molecule has 1 heterocycles. The number of nitro benzene ring substituents is 1. The summed E-state index contributed by atoms with van der Waals surface area (Å²) in [6.07, 6.45) is 2.09. The SMILES string of the molecule is CN1CCC(CNC(=O)c2cccc([N+](=O)[O-])c2N)CC1. The van der Waals surface area contributed by atoms with Crippen molar-refractivity contribution >= 4 is 17.3 Å². The summed E-state index contributed by atoms with van der Waals surface area (Å²) in [7, 11) is 2.08. The standard InChI is InChI=1S/C14H20N4O3/c1-17-7-5-10(6-8-17)9-16-14(19)11-3-2-4-12(13(11)15)18(20)21/h2-4,10H,5-9,15H2,1H3,(H,16,19). The molecular formula is C14H20N4O3. The summed E-state index contributed by atoms with van der Waals surface area (Å²) in [5.41, 5.74) is 5.55. The second kappa shape index (κ2) is 6.53. The lowest BCUT2D eigenvalue weighted by Gasteiger charge is -2.28. The molecule has 1 aliphatic rings. The van der Waals surface area contributed by atoms with Gasteiger partial charge in [0.05, 0.1) is 10.5 Å². The average molecular weight is 292 g/mol. The highest BCUT2D eigenvalue weighted by Gasteiger charge is 2.21. The molecular weight excluding hydrogens is 272 g/mol. The molecule has 0 radical (unpaired) electrons. The molecule has 1 saturated heterocycles. The first kappa shape index (κ1) is 15.2. The van der Waals surface area contributed by atoms with Gasteiger partial charge in [0.2, 0.25) is 0 Å². The lowest BCUT2D eigenvalue weighted by atomic mass is 9.97. The maximum atomic E-state index is 12.1. The predicted molar refractivity (Wildman–Crippen MR) is 80.1 cm³/mol. The number of amides is 1. The normalized spacial score (nSPS) is 16.6. The first-order valence-electron chi connectivity index (χ1n) is 6.98. The predicted octanol–water partition coefficient (Wildman–Crippen LogP) is 1.25. The Labute approximate surface area is 123 Å². The molecule has 0 bridgehead atoms. The van der Waals surface area contributed by atoms with Crippen LogP contribution in [-0.4, -0.2) is 42.4 Å². The molecule has 7 nitrogen and oxygen atoms in total. The third-order valence-electron chi connectivity index (χ3n) is 3.91. The molecule has 0 aliphatic carbocycles. The van der Waals surface area contributed by atoms with E-state index in [0.29, 0.717) is 12.5 Å². The van der Waals surface area contributed by atoms with Gasteiger partial charge in [-0.25, -0.2) is 0 Å². The molecule has 0 spiro atoms. The number of nitro groups is 1. The van der Waals surface area contributed by atoms with Crippen molar-refractivity contribution in [2.45, 2.75) is 12.8 Å². The van der Waals surface area contributed by atoms with E-state index in [1.807, 2.05) is 0 Å². The van der Waals surface area contributed by atoms with Gasteiger partial charge in [-0.2, -0.15) is 0 Å². The van der Waals surface area contributed by atoms with E-state index in [-0.39, 0.29) is 22.8 Å². The van der Waals surface area contributed by atoms with Gasteiger partial charge in [-0.15, -0.1) is 0 Å². The number of benzene rings is 1. The summed E-state index contributed by atoms with van der Waals surface area (Å²) in [6.45, 7) is 2.63. The van der Waals surface area contributed by atoms with Gasteiger partial charge >= 0.3 is 0 Å². The number of nitrogen functional groups attached to an aromatic ring is 1. The van der Waals surface area contributed by atoms with E-state index in [4.69, 9.17) is 5.73 Å². The smallest absolute Gasteiger partial charge is 0.292 e. The Morgan fingerprint density at radius 1 is 1.48 bits per heavy atom. The van der Waals surface area contributed by atoms with Gasteiger partial charge in [-0.1, -0.05) is 6.07 Å². The summed E-state index contributed by atoms with van der Waals surface area (Å²) < 4.78 is 0. The number of hydrogen-bond acceptors (Lipinski definition) is 5. The zero-order valence-electron chi connectivity index (χ0n) is 12.0. The maximum Gasteiger partial charge on any atom is 0.292 e. The van der Waals surface area contributed by atoms with E-state index in [9.17, 15) is 14.9 Å². The third-order valence-corrected chi connectivity index (χ3v) is 3.91. The molecule has 3 N–H and O–H groups in total. The van der Waals surface area contributed by atoms with Crippen LogP contribution in [0, 0.1) is 16.0 Å². The first-order valence-corrected chi connectivity index (χ1v) is 6.98. The fourth-order valence-electron chi connectivity index (χ4n) is 2.51. The van der Waals surface area contributed by atoms with E-state index in [1.54, 1.807) is 0 Å². The number of carbonyl (C=O) groups is 1. The second-order valence-electron chi connectivity index (χ2n) is 5.45. The molecule has 7 heteroatoms. The van der Waals surface area contributed by atoms with E-state index < -0.39 is 4.92 Å². The number of piperidine rings is 1. The van der Waals surface area contributed by atoms with Crippen molar-refractivity contribution in [3.05, 3.63) is 33.9 Å². The van der Waals surface area contributed by atoms with E-state index in [2.05, 4.69) is 17.3 Å². The van der Waals surface area contributed by atoms with Crippen LogP contribution >= 0.6 is 0 Å². The minimum atomic E-state index is -0.580. The summed E-state index contributed by atoms with van der Waals surface area (Å²) in [5, 5.41) is 13.7. The lowest BCUT2D eigenvalue weighted by molar-refractivity contribution is -0.383. The summed E-state index contributed by atoms with van der Waals surface area (Å²) in [4.78, 5) is 24.6. The Hall–Kier alpha value is -2.15. The number of likely N-dealkylation sites (tertiary alicyclic amines) is 1. The fraction of sp³-hybridized carbons (Fsp3) is 0.500. The Morgan fingerprint density at radius 3 is 2.76 bits per heavy atom. The zero-order chi connectivity index (χ0) is 15.4. The monoisotopic (exact) mass is 292 g/mol. The number of anilines is 1. The van der Waals surface area contributed by atoms with Crippen LogP contribution in [0.2, 0.25) is 0 Å². The van der Waals surface area contributed by atoms with Gasteiger partial charge in [-0.05, 0) is 45.0 Å². The fourth-order valence-corrected chi connectivity index (χ4v) is 2.51. The number of carbonyl (C=O) groups excluding carboxylic acids is 1. The molecule has 0 atom stereocenters. The highest BCUT2D eigenvalue weighted by molar-refractivity contribution is 6.00. The van der Waals surface area contributed by atoms with Crippen LogP contribution in [-0.2, 0) is 0 Å². The minimum absolute atomic E-state index is 0.0802. The molecule has 0 saturated carbocycles. The van der Waals surface area contributed by atoms with E-state index in [0.717, 1.165) is 25.9 Å². The van der Waals surface area contributed by atoms with Crippen LogP contribution in [0.1, 0.15) is 23.2 Å². The maximum absolute atomic E-state index is 12.1. The van der Waals surface area contributed by atoms with Gasteiger partial charge in [0, 0.05) is 12.6 Å². The van der Waals surface area contributed by atoms with Crippen LogP contribution in [0.15, 0.2) is 18.2 Å². The molecule has 1 amide bonds. The molecule has 114 valence electrons. The van der Waals surface area contributed by atoms with Gasteiger partial charge in [0.15, 0.2) is 0 Å². The van der Waals surface area contributed by atoms with Crippen molar-refractivity contribution in [2.75, 3.05) is 32.4 Å². The minimum Gasteiger partial charge on any atom is -0.393 e. The number of nitrogens with two attached hydrogens (primary N) is 1. The lowest BCUT2D eigenvalue weighted by Crippen LogP contribution is -2.37. The molecule has 2 rings (SSSR count). The number of nitrogens with one attached hydrogen (secondary N) is 1. The van der Waals surface area contributed by atoms with E-state index >= 15 is 0 Å². The van der Waals surface area contributed by atoms with Crippen molar-refractivity contribution < 1.29 is 9.72 Å². The van der Waals surface area contributed by atoms with Crippen molar-refractivity contribution in [3.8, 4) is 0 Å². The highest BCUT2D eigenvalue weighted by atomic mass is 16.6. The molecule has 1 aliphatic heterocycles. The van der Waals surface area contributed by atoms with Crippen LogP contribution in [0.3, 0.4) is 0 Å². The Kier molecular flexibility index (Phi) is 4.74. The Morgan fingerprint density at radius 2 is 2.14 bits per heavy atom. The molecule has 21 heavy (non-hydrogen) atoms. The van der Waals surface area contributed by atoms with Crippen LogP contribution in [0.4, 0.5) is 11.4 Å². The van der Waals surface area contributed by atoms with Crippen LogP contribution in [0.5, 0.6) is 0 Å². The van der Waals surface area contributed by atoms with E-state index in [1.165, 1.54) is 18.2 Å². The van der Waals surface area contributed by atoms with Crippen LogP contribution < -0.4 is 11.1 Å². The average Bonchev–Trinajstić information content (AvgIpc) is 2.46. The van der Waals surface area contributed by atoms with Crippen molar-refractivity contribution in [1.29, 1.82) is 0 Å². The van der Waals surface area contributed by atoms with Gasteiger partial charge in [0.25, 0.3) is 11.6 Å². The number of hydrogen-bond donors (Lipinski definition) is 2. The molecule has 0 aromatic heterocycles. The Balaban J connectivity index is 1.97. The topological polar surface area (TPSA) is 102 Å². The summed E-state index contributed by atoms with van der Waals surface area (Å²) in [5.74, 6) is 0.0974. The van der Waals surface area contributed by atoms with Gasteiger partial charge < -0.3 is 16.0 Å². The highest BCUT2D eigenvalue weighted by Crippen LogP contribution is 2.24. The zero-order valence-corrected chi connectivity index (χ0v) is 12.0. The van der Waals surface area contributed by atoms with Crippen LogP contribution in [0.25, 0.3) is 0 Å². The molecule has 1 aromatic rings. The first-order chi connectivity index (χ1) is 9.99. The summed E-state index contributed by atoms with van der Waals surface area (Å²) >= 11 is 0. The van der Waals surface area contributed by atoms with Gasteiger partial charge in [0.1, 0.15) is 5.69 Å². The largest absolute Gasteiger partial charge is 0.393 e. The molecule has 1 fully saturated rings. The van der Waals surface area contributed by atoms with Gasteiger partial charge in [-0.3, -0.25) is 14.9 Å². The third kappa shape index (κ3) is 3.69. The summed E-state index contributed by atoms with van der Waals surface area (Å²) in [6, 6.07) is 4.27. The number of rotatable bonds is 4. The van der Waals surface area contributed by atoms with Crippen molar-refractivity contribution in [2.24, 2.45) is 5.92 Å². The van der Waals surface area contributed by atoms with Crippen molar-refractivity contribution in [1.82, 2.24) is 10.2 Å². The molecule has 1 aromatic carbocycles. The molecule has 0 unspecified atom stereocenters. The number of para-hydroxylation sites is 1. The van der Waals surface area contributed by atoms with Crippen molar-refractivity contribution in [3.63, 3.8) is 0 Å². The second-order valence-corrected chi connectivity index (χ2v) is 5.45. The number of nitrogens with zero attached hydrogens (tertiary/aromatic N) is 2. The quantitative estimate of drug-likeness (QED) is 0.494.